The van der Waals surface area contributed by atoms with Crippen molar-refractivity contribution in [1.82, 2.24) is 19.9 Å². The van der Waals surface area contributed by atoms with Crippen LogP contribution in [-0.2, 0) is 0 Å². The molecule has 7 nitrogen and oxygen atoms in total. The van der Waals surface area contributed by atoms with Crippen molar-refractivity contribution in [3.05, 3.63) is 181 Å². The Hall–Kier alpha value is -8.13. The maximum absolute atomic E-state index is 11.6. The molecule has 0 unspecified atom stereocenters. The third-order valence-corrected chi connectivity index (χ3v) is 11.8. The van der Waals surface area contributed by atoms with E-state index in [0.29, 0.717) is 22.5 Å². The number of H-pyrrole nitrogens is 2. The molecule has 0 saturated carbocycles. The molecule has 4 aromatic carbocycles. The number of nitrogens with zero attached hydrogens (tertiary/aromatic N) is 3. The van der Waals surface area contributed by atoms with Gasteiger partial charge in [0.15, 0.2) is 0 Å². The van der Waals surface area contributed by atoms with E-state index in [1.165, 1.54) is 11.1 Å². The number of aromatic nitrogens is 4. The van der Waals surface area contributed by atoms with Crippen molar-refractivity contribution in [2.45, 2.75) is 41.5 Å². The molecule has 5 heterocycles. The first kappa shape index (κ1) is 41.2. The number of carbonyl (C=O) groups is 1. The molecule has 0 atom stereocenters. The van der Waals surface area contributed by atoms with Crippen molar-refractivity contribution in [3.8, 4) is 45.9 Å². The first-order chi connectivity index (χ1) is 30.8. The summed E-state index contributed by atoms with van der Waals surface area (Å²) >= 11 is 0. The number of hydrogen-bond donors (Lipinski definition) is 3. The highest BCUT2D eigenvalue weighted by Gasteiger charge is 2.21. The third kappa shape index (κ3) is 7.92. The standard InChI is InChI=1S/C57H47N5O2/c1-33-29-35(3)53(36(4)30-33)55-49-25-21-45(58-49)43(19-13-39-9-15-41(16-10-39)57(63)64)46-22-26-50(59-46)56(54-37(5)31-34(2)32-38(54)6)52-28-24-48(61-52)44(47-23-27-51(55)60-47)20-14-40-11-17-42(18-12-40)62(7)8/h9-12,15-18,21-32,60-61H,1-8H3,(H,63,64). The van der Waals surface area contributed by atoms with E-state index in [4.69, 9.17) is 9.97 Å². The summed E-state index contributed by atoms with van der Waals surface area (Å²) < 4.78 is 0. The number of aryl methyl sites for hydroxylation is 6. The topological polar surface area (TPSA) is 97.9 Å². The minimum atomic E-state index is -0.984. The molecule has 2 aliphatic rings. The molecular formula is C57H47N5O2. The molecule has 7 aromatic rings. The van der Waals surface area contributed by atoms with Gasteiger partial charge in [0.2, 0.25) is 0 Å². The first-order valence-electron chi connectivity index (χ1n) is 21.3. The highest BCUT2D eigenvalue weighted by molar-refractivity contribution is 5.97. The van der Waals surface area contributed by atoms with Gasteiger partial charge in [0.05, 0.1) is 50.5 Å². The van der Waals surface area contributed by atoms with E-state index >= 15 is 0 Å². The summed E-state index contributed by atoms with van der Waals surface area (Å²) in [6, 6.07) is 32.2. The van der Waals surface area contributed by atoms with Crippen LogP contribution < -0.4 is 4.90 Å². The number of nitrogens with one attached hydrogen (secondary N) is 2. The Bertz CT molecular complexity index is 3240. The van der Waals surface area contributed by atoms with E-state index in [0.717, 1.165) is 94.8 Å². The van der Waals surface area contributed by atoms with Gasteiger partial charge in [-0.15, -0.1) is 0 Å². The Morgan fingerprint density at radius 3 is 1.30 bits per heavy atom. The second kappa shape index (κ2) is 16.6. The minimum absolute atomic E-state index is 0.203. The molecule has 0 amide bonds. The molecule has 7 heteroatoms. The number of aromatic amines is 2. The number of aromatic carboxylic acids is 1. The van der Waals surface area contributed by atoms with Crippen molar-refractivity contribution >= 4 is 58.0 Å². The lowest BCUT2D eigenvalue weighted by Gasteiger charge is -2.13. The maximum Gasteiger partial charge on any atom is 0.335 e. The van der Waals surface area contributed by atoms with Gasteiger partial charge in [0.25, 0.3) is 0 Å². The molecule has 0 aliphatic carbocycles. The fraction of sp³-hybridized carbons (Fsp3) is 0.140. The van der Waals surface area contributed by atoms with Crippen LogP contribution in [0.3, 0.4) is 0 Å². The fourth-order valence-electron chi connectivity index (χ4n) is 8.95. The Balaban J connectivity index is 1.42. The van der Waals surface area contributed by atoms with Crippen LogP contribution >= 0.6 is 0 Å². The predicted molar refractivity (Wildman–Crippen MR) is 264 cm³/mol. The molecular weight excluding hydrogens is 787 g/mol. The molecule has 0 radical (unpaired) electrons. The summed E-state index contributed by atoms with van der Waals surface area (Å²) in [4.78, 5) is 32.1. The molecule has 3 aromatic heterocycles. The lowest BCUT2D eigenvalue weighted by Crippen LogP contribution is -2.07. The number of carboxylic acid groups (broad SMARTS) is 1. The minimum Gasteiger partial charge on any atom is -0.478 e. The van der Waals surface area contributed by atoms with E-state index in [1.54, 1.807) is 24.3 Å². The SMILES string of the molecule is Cc1cc(C)c(-c2c3nc(c(C#Cc4ccc(C(=O)O)cc4)c4nc(c(-c5c(C)cc(C)cc5C)c5ccc([nH]5)c(C#Cc5ccc(N(C)C)cc5)c5ccc2[nH]5)C=C4)C=C3)c(C)c1. The van der Waals surface area contributed by atoms with Crippen molar-refractivity contribution in [1.29, 1.82) is 0 Å². The Kier molecular flexibility index (Phi) is 10.7. The average molecular weight is 834 g/mol. The van der Waals surface area contributed by atoms with Crippen LogP contribution in [0.25, 0.3) is 68.6 Å². The summed E-state index contributed by atoms with van der Waals surface area (Å²) in [6.07, 6.45) is 8.15. The van der Waals surface area contributed by atoms with Crippen LogP contribution in [0.15, 0.2) is 97.1 Å². The highest BCUT2D eigenvalue weighted by Crippen LogP contribution is 2.38. The quantitative estimate of drug-likeness (QED) is 0.153. The number of carboxylic acids is 1. The van der Waals surface area contributed by atoms with Gasteiger partial charge in [0, 0.05) is 53.1 Å². The van der Waals surface area contributed by atoms with Crippen LogP contribution in [0, 0.1) is 65.2 Å². The zero-order chi connectivity index (χ0) is 44.8. The average Bonchev–Trinajstić information content (AvgIpc) is 4.10. The lowest BCUT2D eigenvalue weighted by molar-refractivity contribution is 0.0697. The molecule has 0 fully saturated rings. The first-order valence-corrected chi connectivity index (χ1v) is 21.3. The summed E-state index contributed by atoms with van der Waals surface area (Å²) in [5.74, 6) is 12.8. The normalized spacial score (nSPS) is 11.5. The third-order valence-electron chi connectivity index (χ3n) is 11.8. The van der Waals surface area contributed by atoms with Crippen molar-refractivity contribution in [3.63, 3.8) is 0 Å². The molecule has 0 saturated heterocycles. The molecule has 3 N–H and O–H groups in total. The maximum atomic E-state index is 11.6. The molecule has 312 valence electrons. The summed E-state index contributed by atoms with van der Waals surface area (Å²) in [5.41, 5.74) is 21.9. The second-order valence-corrected chi connectivity index (χ2v) is 16.9. The van der Waals surface area contributed by atoms with Crippen LogP contribution in [0.5, 0.6) is 0 Å². The summed E-state index contributed by atoms with van der Waals surface area (Å²) in [7, 11) is 4.07. The van der Waals surface area contributed by atoms with Crippen molar-refractivity contribution in [2.75, 3.05) is 19.0 Å². The summed E-state index contributed by atoms with van der Waals surface area (Å²) in [6.45, 7) is 12.9. The van der Waals surface area contributed by atoms with Gasteiger partial charge in [-0.05, 0) is 172 Å². The molecule has 9 rings (SSSR count). The van der Waals surface area contributed by atoms with Crippen molar-refractivity contribution in [2.24, 2.45) is 0 Å². The lowest BCUT2D eigenvalue weighted by atomic mass is 9.92. The van der Waals surface area contributed by atoms with Gasteiger partial charge in [-0.25, -0.2) is 14.8 Å². The Labute approximate surface area is 373 Å². The van der Waals surface area contributed by atoms with E-state index in [-0.39, 0.29) is 5.56 Å². The van der Waals surface area contributed by atoms with Gasteiger partial charge in [-0.2, -0.15) is 0 Å². The Morgan fingerprint density at radius 2 is 0.875 bits per heavy atom. The van der Waals surface area contributed by atoms with E-state index in [9.17, 15) is 9.90 Å². The van der Waals surface area contributed by atoms with E-state index < -0.39 is 5.97 Å². The zero-order valence-corrected chi connectivity index (χ0v) is 37.2. The molecule has 2 aliphatic heterocycles. The number of anilines is 1. The number of benzene rings is 4. The highest BCUT2D eigenvalue weighted by atomic mass is 16.4. The molecule has 8 bridgehead atoms. The molecule has 0 spiro atoms. The number of rotatable bonds is 4. The smallest absolute Gasteiger partial charge is 0.335 e. The second-order valence-electron chi connectivity index (χ2n) is 16.9. The van der Waals surface area contributed by atoms with E-state index in [2.05, 4.69) is 165 Å². The van der Waals surface area contributed by atoms with Gasteiger partial charge in [-0.3, -0.25) is 0 Å². The van der Waals surface area contributed by atoms with Crippen LogP contribution in [0.2, 0.25) is 0 Å². The number of hydrogen-bond acceptors (Lipinski definition) is 4. The number of fused-ring (bicyclic) bond motifs is 8. The van der Waals surface area contributed by atoms with Crippen LogP contribution in [0.1, 0.15) is 88.8 Å². The van der Waals surface area contributed by atoms with E-state index in [1.807, 2.05) is 26.2 Å². The Morgan fingerprint density at radius 1 is 0.484 bits per heavy atom. The molecule has 64 heavy (non-hydrogen) atoms. The van der Waals surface area contributed by atoms with Gasteiger partial charge < -0.3 is 20.0 Å². The van der Waals surface area contributed by atoms with Crippen molar-refractivity contribution < 1.29 is 9.90 Å². The van der Waals surface area contributed by atoms with Gasteiger partial charge in [-0.1, -0.05) is 59.1 Å². The predicted octanol–water partition coefficient (Wildman–Crippen LogP) is 12.4. The van der Waals surface area contributed by atoms with Gasteiger partial charge >= 0.3 is 5.97 Å². The monoisotopic (exact) mass is 833 g/mol. The van der Waals surface area contributed by atoms with Gasteiger partial charge in [0.1, 0.15) is 0 Å². The zero-order valence-electron chi connectivity index (χ0n) is 37.2. The van der Waals surface area contributed by atoms with Crippen LogP contribution in [0.4, 0.5) is 5.69 Å². The van der Waals surface area contributed by atoms with Crippen LogP contribution in [-0.4, -0.2) is 45.1 Å². The fourth-order valence-corrected chi connectivity index (χ4v) is 8.95. The summed E-state index contributed by atoms with van der Waals surface area (Å²) in [5, 5.41) is 9.53. The largest absolute Gasteiger partial charge is 0.478 e.